The van der Waals surface area contributed by atoms with Crippen molar-refractivity contribution in [1.29, 1.82) is 5.26 Å². The second kappa shape index (κ2) is 8.97. The molecule has 1 aromatic rings. The molecule has 1 heterocycles. The minimum Gasteiger partial charge on any atom is -0.491 e. The fraction of sp³-hybridized carbons (Fsp3) is 0.391. The number of carbonyl (C=O) groups is 1. The monoisotopic (exact) mass is 393 g/mol. The van der Waals surface area contributed by atoms with Gasteiger partial charge in [-0.05, 0) is 50.6 Å². The molecule has 0 radical (unpaired) electrons. The molecule has 2 atom stereocenters. The van der Waals surface area contributed by atoms with Gasteiger partial charge in [-0.2, -0.15) is 5.26 Å². The zero-order valence-electron chi connectivity index (χ0n) is 17.3. The second-order valence-electron chi connectivity index (χ2n) is 7.33. The van der Waals surface area contributed by atoms with Gasteiger partial charge < -0.3 is 19.7 Å². The molecule has 3 rings (SSSR count). The van der Waals surface area contributed by atoms with Gasteiger partial charge in [0.25, 0.3) is 0 Å². The highest BCUT2D eigenvalue weighted by atomic mass is 16.5. The minimum atomic E-state index is -0.202. The molecular formula is C23H27N3O3. The molecule has 0 spiro atoms. The van der Waals surface area contributed by atoms with Crippen LogP contribution in [0.3, 0.4) is 0 Å². The van der Waals surface area contributed by atoms with Crippen molar-refractivity contribution in [1.82, 2.24) is 4.90 Å². The summed E-state index contributed by atoms with van der Waals surface area (Å²) in [5, 5.41) is 12.7. The Morgan fingerprint density at radius 2 is 2.03 bits per heavy atom. The third-order valence-corrected chi connectivity index (χ3v) is 4.96. The Hall–Kier alpha value is -3.04. The standard InChI is InChI=1S/C23H27N3O3/c1-5-26-21-12-18(29-15(2)3)10-11-19(21)20(13-24)23(26)16-6-8-17(9-7-16)25-22(27)14-28-4/h6-12,15,19,21H,5,14H2,1-4H3,(H,25,27). The maximum Gasteiger partial charge on any atom is 0.250 e. The summed E-state index contributed by atoms with van der Waals surface area (Å²) in [6.45, 7) is 6.88. The maximum absolute atomic E-state index is 11.7. The number of hydrogen-bond acceptors (Lipinski definition) is 5. The molecule has 6 nitrogen and oxygen atoms in total. The van der Waals surface area contributed by atoms with Crippen molar-refractivity contribution in [3.05, 3.63) is 59.4 Å². The highest BCUT2D eigenvalue weighted by molar-refractivity contribution is 5.92. The summed E-state index contributed by atoms with van der Waals surface area (Å²) >= 11 is 0. The van der Waals surface area contributed by atoms with E-state index in [9.17, 15) is 10.1 Å². The molecule has 0 fully saturated rings. The quantitative estimate of drug-likeness (QED) is 0.764. The first-order chi connectivity index (χ1) is 14.0. The van der Waals surface area contributed by atoms with Crippen molar-refractivity contribution in [2.24, 2.45) is 5.92 Å². The number of likely N-dealkylation sites (N-methyl/N-ethyl adjacent to an activating group) is 1. The number of nitrogens with one attached hydrogen (secondary N) is 1. The van der Waals surface area contributed by atoms with Gasteiger partial charge in [0.15, 0.2) is 0 Å². The highest BCUT2D eigenvalue weighted by Gasteiger charge is 2.40. The van der Waals surface area contributed by atoms with Crippen molar-refractivity contribution in [2.45, 2.75) is 32.9 Å². The fourth-order valence-electron chi connectivity index (χ4n) is 3.86. The van der Waals surface area contributed by atoms with Crippen LogP contribution in [-0.2, 0) is 14.3 Å². The number of amides is 1. The molecule has 1 N–H and O–H groups in total. The van der Waals surface area contributed by atoms with E-state index in [0.717, 1.165) is 29.1 Å². The summed E-state index contributed by atoms with van der Waals surface area (Å²) in [7, 11) is 1.48. The van der Waals surface area contributed by atoms with Gasteiger partial charge in [0.1, 0.15) is 12.4 Å². The number of rotatable bonds is 7. The molecule has 0 saturated carbocycles. The van der Waals surface area contributed by atoms with Crippen molar-refractivity contribution in [3.63, 3.8) is 0 Å². The lowest BCUT2D eigenvalue weighted by molar-refractivity contribution is -0.119. The summed E-state index contributed by atoms with van der Waals surface area (Å²) in [4.78, 5) is 14.0. The normalized spacial score (nSPS) is 20.4. The molecule has 1 amide bonds. The van der Waals surface area contributed by atoms with Crippen molar-refractivity contribution in [2.75, 3.05) is 25.6 Å². The minimum absolute atomic E-state index is 0.00976. The number of carbonyl (C=O) groups excluding carboxylic acids is 1. The van der Waals surface area contributed by atoms with Crippen LogP contribution in [0.15, 0.2) is 53.8 Å². The van der Waals surface area contributed by atoms with Gasteiger partial charge in [-0.15, -0.1) is 0 Å². The summed E-state index contributed by atoms with van der Waals surface area (Å²) < 4.78 is 10.7. The van der Waals surface area contributed by atoms with Gasteiger partial charge >= 0.3 is 0 Å². The average Bonchev–Trinajstić information content (AvgIpc) is 3.01. The van der Waals surface area contributed by atoms with Gasteiger partial charge in [0.05, 0.1) is 29.5 Å². The van der Waals surface area contributed by atoms with E-state index in [2.05, 4.69) is 35.4 Å². The Balaban J connectivity index is 1.90. The van der Waals surface area contributed by atoms with Crippen LogP contribution in [-0.4, -0.2) is 43.2 Å². The zero-order valence-corrected chi connectivity index (χ0v) is 17.3. The van der Waals surface area contributed by atoms with Crippen LogP contribution in [0.25, 0.3) is 5.70 Å². The predicted molar refractivity (Wildman–Crippen MR) is 113 cm³/mol. The first-order valence-electron chi connectivity index (χ1n) is 9.85. The number of allylic oxidation sites excluding steroid dienone is 1. The Morgan fingerprint density at radius 1 is 1.31 bits per heavy atom. The Morgan fingerprint density at radius 3 is 2.62 bits per heavy atom. The maximum atomic E-state index is 11.7. The van der Waals surface area contributed by atoms with E-state index >= 15 is 0 Å². The number of nitriles is 1. The molecule has 29 heavy (non-hydrogen) atoms. The van der Waals surface area contributed by atoms with Crippen molar-refractivity contribution >= 4 is 17.3 Å². The molecule has 1 aliphatic carbocycles. The topological polar surface area (TPSA) is 74.6 Å². The van der Waals surface area contributed by atoms with E-state index in [-0.39, 0.29) is 30.6 Å². The Bertz CT molecular complexity index is 891. The van der Waals surface area contributed by atoms with E-state index < -0.39 is 0 Å². The zero-order chi connectivity index (χ0) is 21.0. The van der Waals surface area contributed by atoms with Crippen LogP contribution in [0.5, 0.6) is 0 Å². The molecule has 2 aliphatic rings. The van der Waals surface area contributed by atoms with Gasteiger partial charge in [-0.25, -0.2) is 0 Å². The lowest BCUT2D eigenvalue weighted by atomic mass is 9.90. The van der Waals surface area contributed by atoms with E-state index in [0.29, 0.717) is 5.69 Å². The van der Waals surface area contributed by atoms with Crippen LogP contribution in [0.2, 0.25) is 0 Å². The molecule has 1 aromatic carbocycles. The number of benzene rings is 1. The first kappa shape index (κ1) is 20.7. The third kappa shape index (κ3) is 4.36. The summed E-state index contributed by atoms with van der Waals surface area (Å²) in [6.07, 6.45) is 6.24. The van der Waals surface area contributed by atoms with E-state index in [1.807, 2.05) is 44.2 Å². The number of hydrogen-bond donors (Lipinski definition) is 1. The summed E-state index contributed by atoms with van der Waals surface area (Å²) in [5.41, 5.74) is 3.34. The number of methoxy groups -OCH3 is 1. The molecule has 0 bridgehead atoms. The summed E-state index contributed by atoms with van der Waals surface area (Å²) in [5.74, 6) is 0.650. The molecule has 6 heteroatoms. The first-order valence-corrected chi connectivity index (χ1v) is 9.85. The van der Waals surface area contributed by atoms with Crippen LogP contribution in [0, 0.1) is 17.2 Å². The molecular weight excluding hydrogens is 366 g/mol. The predicted octanol–water partition coefficient (Wildman–Crippen LogP) is 3.71. The molecule has 0 saturated heterocycles. The Kier molecular flexibility index (Phi) is 6.40. The lowest BCUT2D eigenvalue weighted by Crippen LogP contribution is -2.33. The van der Waals surface area contributed by atoms with Crippen LogP contribution >= 0.6 is 0 Å². The van der Waals surface area contributed by atoms with Gasteiger partial charge in [-0.3, -0.25) is 4.79 Å². The van der Waals surface area contributed by atoms with E-state index in [1.54, 1.807) is 0 Å². The number of anilines is 1. The number of ether oxygens (including phenoxy) is 2. The van der Waals surface area contributed by atoms with Crippen molar-refractivity contribution in [3.8, 4) is 6.07 Å². The van der Waals surface area contributed by atoms with Crippen LogP contribution in [0.4, 0.5) is 5.69 Å². The smallest absolute Gasteiger partial charge is 0.250 e. The van der Waals surface area contributed by atoms with Gasteiger partial charge in [0, 0.05) is 25.3 Å². The molecule has 0 aromatic heterocycles. The lowest BCUT2D eigenvalue weighted by Gasteiger charge is -2.31. The van der Waals surface area contributed by atoms with Crippen molar-refractivity contribution < 1.29 is 14.3 Å². The third-order valence-electron chi connectivity index (χ3n) is 4.96. The average molecular weight is 393 g/mol. The highest BCUT2D eigenvalue weighted by Crippen LogP contribution is 2.43. The molecule has 2 unspecified atom stereocenters. The fourth-order valence-corrected chi connectivity index (χ4v) is 3.86. The Labute approximate surface area is 172 Å². The van der Waals surface area contributed by atoms with Crippen LogP contribution < -0.4 is 5.32 Å². The second-order valence-corrected chi connectivity index (χ2v) is 7.33. The van der Waals surface area contributed by atoms with Crippen LogP contribution in [0.1, 0.15) is 26.3 Å². The number of nitrogens with zero attached hydrogens (tertiary/aromatic N) is 2. The van der Waals surface area contributed by atoms with Gasteiger partial charge in [0.2, 0.25) is 5.91 Å². The molecule has 1 aliphatic heterocycles. The van der Waals surface area contributed by atoms with E-state index in [1.165, 1.54) is 7.11 Å². The SMILES string of the molecule is CCN1C(c2ccc(NC(=O)COC)cc2)=C(C#N)C2C=CC(OC(C)C)=CC21. The summed E-state index contributed by atoms with van der Waals surface area (Å²) in [6, 6.07) is 10.1. The van der Waals surface area contributed by atoms with Gasteiger partial charge in [-0.1, -0.05) is 18.2 Å². The number of fused-ring (bicyclic) bond motifs is 1. The largest absolute Gasteiger partial charge is 0.491 e. The van der Waals surface area contributed by atoms with E-state index in [4.69, 9.17) is 9.47 Å². The molecule has 152 valence electrons.